The second-order valence-corrected chi connectivity index (χ2v) is 15.1. The van der Waals surface area contributed by atoms with Crippen LogP contribution < -0.4 is 10.6 Å². The van der Waals surface area contributed by atoms with E-state index in [4.69, 9.17) is 0 Å². The zero-order valence-corrected chi connectivity index (χ0v) is 24.1. The molecule has 1 amide bonds. The molecule has 4 aliphatic rings. The summed E-state index contributed by atoms with van der Waals surface area (Å²) >= 11 is -0.456. The summed E-state index contributed by atoms with van der Waals surface area (Å²) in [6, 6.07) is 1.16. The number of carbonyl (C=O) groups is 1. The van der Waals surface area contributed by atoms with Gasteiger partial charge in [-0.25, -0.2) is 5.32 Å². The molecule has 5 rings (SSSR count). The third-order valence-electron chi connectivity index (χ3n) is 8.22. The van der Waals surface area contributed by atoms with E-state index in [9.17, 15) is 22.5 Å². The van der Waals surface area contributed by atoms with Crippen molar-refractivity contribution in [3.8, 4) is 0 Å². The van der Waals surface area contributed by atoms with E-state index in [1.807, 2.05) is 32.0 Å². The third kappa shape index (κ3) is 5.72. The average Bonchev–Trinajstić information content (AvgIpc) is 3.40. The van der Waals surface area contributed by atoms with Crippen LogP contribution in [0.1, 0.15) is 81.9 Å². The highest BCUT2D eigenvalue weighted by Crippen LogP contribution is 2.51. The summed E-state index contributed by atoms with van der Waals surface area (Å²) in [6.45, 7) is 10.0. The van der Waals surface area contributed by atoms with Crippen molar-refractivity contribution in [3.05, 3.63) is 29.1 Å². The van der Waals surface area contributed by atoms with Crippen LogP contribution in [-0.2, 0) is 28.9 Å². The minimum Gasteiger partial charge on any atom is -0.597 e. The molecule has 7 nitrogen and oxygen atoms in total. The Bertz CT molecular complexity index is 1040. The van der Waals surface area contributed by atoms with E-state index in [-0.39, 0.29) is 40.7 Å². The molecular formula is C26H38F3N5O2S2. The number of rotatable bonds is 6. The molecule has 3 aliphatic heterocycles. The van der Waals surface area contributed by atoms with Gasteiger partial charge >= 0.3 is 6.18 Å². The molecule has 4 unspecified atom stereocenters. The van der Waals surface area contributed by atoms with E-state index >= 15 is 0 Å². The number of halogens is 3. The maximum absolute atomic E-state index is 14.4. The number of carbonyl (C=O) groups excluding carboxylic acids is 1. The maximum atomic E-state index is 14.4. The molecule has 1 aliphatic carbocycles. The minimum absolute atomic E-state index is 0.0194. The summed E-state index contributed by atoms with van der Waals surface area (Å²) in [7, 11) is 0. The second kappa shape index (κ2) is 10.4. The van der Waals surface area contributed by atoms with Gasteiger partial charge in [0, 0.05) is 48.9 Å². The lowest BCUT2D eigenvalue weighted by Gasteiger charge is -2.56. The number of hydrogen-bond donors (Lipinski definition) is 2. The van der Waals surface area contributed by atoms with Crippen LogP contribution in [-0.4, -0.2) is 66.6 Å². The van der Waals surface area contributed by atoms with Gasteiger partial charge in [0.1, 0.15) is 5.37 Å². The Morgan fingerprint density at radius 2 is 2.00 bits per heavy atom. The summed E-state index contributed by atoms with van der Waals surface area (Å²) < 4.78 is 58.8. The fourth-order valence-corrected chi connectivity index (χ4v) is 9.43. The maximum Gasteiger partial charge on any atom is 0.416 e. The first kappa shape index (κ1) is 28.5. The highest BCUT2D eigenvalue weighted by molar-refractivity contribution is 8.02. The van der Waals surface area contributed by atoms with Crippen LogP contribution in [0.25, 0.3) is 0 Å². The SMILES string of the molecule is C[C@H]1CCCN1[S+]([O-])C1NC(C(=O)N2CC3(CCC3)C2)SC1c1cnc(CNC(C)(C)C)cc1C(F)(F)F. The Labute approximate surface area is 230 Å². The number of hydrogen-bond acceptors (Lipinski definition) is 7. The van der Waals surface area contributed by atoms with E-state index in [0.717, 1.165) is 43.5 Å². The summed E-state index contributed by atoms with van der Waals surface area (Å²) in [5.74, 6) is -0.126. The minimum atomic E-state index is -4.61. The van der Waals surface area contributed by atoms with Crippen LogP contribution >= 0.6 is 11.8 Å². The topological polar surface area (TPSA) is 83.6 Å². The van der Waals surface area contributed by atoms with Crippen molar-refractivity contribution in [2.75, 3.05) is 19.6 Å². The van der Waals surface area contributed by atoms with E-state index in [0.29, 0.717) is 19.6 Å². The van der Waals surface area contributed by atoms with Crippen LogP contribution in [0.3, 0.4) is 0 Å². The quantitative estimate of drug-likeness (QED) is 0.494. The van der Waals surface area contributed by atoms with Gasteiger partial charge in [0.25, 0.3) is 0 Å². The standard InChI is InChI=1S/C26H38F3N5O2S2/c1-16-7-5-10-34(16)38(36)22-20(37-21(32-22)23(35)33-14-25(15-33)8-6-9-25)18-13-30-17(12-31-24(2,3)4)11-19(18)26(27,28)29/h11,13,16,20-22,31-32H,5-10,12,14-15H2,1-4H3/t16-,20?,21?,22?,38?/m0/s1. The molecule has 4 fully saturated rings. The summed E-state index contributed by atoms with van der Waals surface area (Å²) in [4.78, 5) is 19.6. The first-order valence-electron chi connectivity index (χ1n) is 13.5. The second-order valence-electron chi connectivity index (χ2n) is 12.3. The average molecular weight is 574 g/mol. The molecule has 1 saturated carbocycles. The molecular weight excluding hydrogens is 535 g/mol. The van der Waals surface area contributed by atoms with Gasteiger partial charge in [0.2, 0.25) is 11.3 Å². The van der Waals surface area contributed by atoms with Crippen LogP contribution in [0.2, 0.25) is 0 Å². The molecule has 1 aromatic heterocycles. The van der Waals surface area contributed by atoms with E-state index in [1.165, 1.54) is 12.6 Å². The van der Waals surface area contributed by atoms with Gasteiger partial charge in [0.05, 0.1) is 33.9 Å². The Morgan fingerprint density at radius 1 is 1.29 bits per heavy atom. The van der Waals surface area contributed by atoms with Gasteiger partial charge in [-0.15, -0.1) is 16.1 Å². The molecule has 3 saturated heterocycles. The number of thioether (sulfide) groups is 1. The first-order chi connectivity index (χ1) is 17.8. The largest absolute Gasteiger partial charge is 0.597 e. The van der Waals surface area contributed by atoms with Crippen molar-refractivity contribution >= 4 is 29.0 Å². The zero-order chi connectivity index (χ0) is 27.5. The van der Waals surface area contributed by atoms with Gasteiger partial charge in [-0.1, -0.05) is 6.42 Å². The van der Waals surface area contributed by atoms with Crippen molar-refractivity contribution in [3.63, 3.8) is 0 Å². The lowest BCUT2D eigenvalue weighted by molar-refractivity contribution is -0.149. The number of nitrogens with zero attached hydrogens (tertiary/aromatic N) is 3. The number of pyridine rings is 1. The van der Waals surface area contributed by atoms with Crippen molar-refractivity contribution in [2.45, 2.75) is 100 Å². The summed E-state index contributed by atoms with van der Waals surface area (Å²) in [6.07, 6.45) is 1.88. The Balaban J connectivity index is 1.43. The van der Waals surface area contributed by atoms with Gasteiger partial charge in [-0.05, 0) is 59.4 Å². The number of aromatic nitrogens is 1. The lowest BCUT2D eigenvalue weighted by atomic mass is 9.63. The van der Waals surface area contributed by atoms with Gasteiger partial charge in [0.15, 0.2) is 0 Å². The lowest BCUT2D eigenvalue weighted by Crippen LogP contribution is -2.64. The molecule has 0 bridgehead atoms. The molecule has 0 radical (unpaired) electrons. The Kier molecular flexibility index (Phi) is 7.80. The molecule has 38 heavy (non-hydrogen) atoms. The number of likely N-dealkylation sites (tertiary alicyclic amines) is 1. The van der Waals surface area contributed by atoms with Gasteiger partial charge in [-0.3, -0.25) is 9.78 Å². The summed E-state index contributed by atoms with van der Waals surface area (Å²) in [5.41, 5.74) is -0.540. The van der Waals surface area contributed by atoms with Crippen molar-refractivity contribution < 1.29 is 22.5 Å². The van der Waals surface area contributed by atoms with Crippen molar-refractivity contribution in [1.82, 2.24) is 24.8 Å². The van der Waals surface area contributed by atoms with Gasteiger partial charge < -0.3 is 14.8 Å². The van der Waals surface area contributed by atoms with Crippen LogP contribution in [0.15, 0.2) is 12.3 Å². The summed E-state index contributed by atoms with van der Waals surface area (Å²) in [5, 5.41) is 4.00. The number of alkyl halides is 3. The van der Waals surface area contributed by atoms with Crippen LogP contribution in [0, 0.1) is 5.41 Å². The predicted octanol–water partition coefficient (Wildman–Crippen LogP) is 4.18. The fourth-order valence-electron chi connectivity index (χ4n) is 5.86. The molecule has 5 atom stereocenters. The fraction of sp³-hybridized carbons (Fsp3) is 0.769. The molecule has 2 N–H and O–H groups in total. The smallest absolute Gasteiger partial charge is 0.416 e. The predicted molar refractivity (Wildman–Crippen MR) is 143 cm³/mol. The number of amides is 1. The Morgan fingerprint density at radius 3 is 2.55 bits per heavy atom. The molecule has 12 heteroatoms. The van der Waals surface area contributed by atoms with Crippen LogP contribution in [0.4, 0.5) is 13.2 Å². The highest BCUT2D eigenvalue weighted by Gasteiger charge is 2.55. The highest BCUT2D eigenvalue weighted by atomic mass is 32.2. The van der Waals surface area contributed by atoms with Crippen molar-refractivity contribution in [1.29, 1.82) is 0 Å². The van der Waals surface area contributed by atoms with E-state index in [1.54, 1.807) is 4.90 Å². The zero-order valence-electron chi connectivity index (χ0n) is 22.4. The van der Waals surface area contributed by atoms with E-state index < -0.39 is 39.1 Å². The van der Waals surface area contributed by atoms with Crippen molar-refractivity contribution in [2.24, 2.45) is 5.41 Å². The molecule has 1 spiro atoms. The normalized spacial score (nSPS) is 30.4. The molecule has 1 aromatic rings. The molecule has 4 heterocycles. The number of nitrogens with one attached hydrogen (secondary N) is 2. The van der Waals surface area contributed by atoms with Gasteiger partial charge in [-0.2, -0.15) is 13.2 Å². The first-order valence-corrected chi connectivity index (χ1v) is 15.6. The molecule has 0 aromatic carbocycles. The third-order valence-corrected chi connectivity index (χ3v) is 11.7. The Hall–Kier alpha value is -1.05. The monoisotopic (exact) mass is 573 g/mol. The van der Waals surface area contributed by atoms with E-state index in [2.05, 4.69) is 15.6 Å². The molecule has 212 valence electrons. The van der Waals surface area contributed by atoms with Crippen LogP contribution in [0.5, 0.6) is 0 Å².